The molecule has 0 saturated carbocycles. The maximum Gasteiger partial charge on any atom is 0.191 e. The molecular weight excluding hydrogens is 278 g/mol. The summed E-state index contributed by atoms with van der Waals surface area (Å²) in [4.78, 5) is 12.8. The van der Waals surface area contributed by atoms with Crippen LogP contribution in [0.1, 0.15) is 0 Å². The van der Waals surface area contributed by atoms with Crippen LogP contribution in [0.15, 0.2) is 52.4 Å². The molecule has 7 heteroatoms. The van der Waals surface area contributed by atoms with Crippen molar-refractivity contribution in [2.75, 3.05) is 0 Å². The van der Waals surface area contributed by atoms with Crippen molar-refractivity contribution in [3.8, 4) is 0 Å². The normalized spacial score (nSPS) is 10.5. The van der Waals surface area contributed by atoms with Crippen LogP contribution in [0.3, 0.4) is 0 Å². The number of pyridine rings is 1. The van der Waals surface area contributed by atoms with Gasteiger partial charge in [-0.2, -0.15) is 0 Å². The number of aromatic nitrogens is 1. The van der Waals surface area contributed by atoms with Crippen molar-refractivity contribution in [1.29, 1.82) is 0 Å². The third-order valence-electron chi connectivity index (χ3n) is 3.14. The lowest BCUT2D eigenvalue weighted by molar-refractivity contribution is 1.37. The molecule has 1 heterocycles. The molecule has 7 nitrogen and oxygen atoms in total. The largest absolute Gasteiger partial charge is 0.370 e. The number of hydrogen-bond donors (Lipinski definition) is 4. The molecule has 110 valence electrons. The van der Waals surface area contributed by atoms with Crippen LogP contribution >= 0.6 is 0 Å². The van der Waals surface area contributed by atoms with Gasteiger partial charge in [0.25, 0.3) is 0 Å². The van der Waals surface area contributed by atoms with Gasteiger partial charge in [0.05, 0.1) is 16.7 Å². The van der Waals surface area contributed by atoms with Gasteiger partial charge in [0.2, 0.25) is 0 Å². The van der Waals surface area contributed by atoms with E-state index < -0.39 is 0 Å². The molecule has 0 fully saturated rings. The maximum absolute atomic E-state index is 5.52. The number of nitrogens with two attached hydrogens (primary N) is 4. The quantitative estimate of drug-likeness (QED) is 0.319. The van der Waals surface area contributed by atoms with Crippen molar-refractivity contribution in [2.45, 2.75) is 0 Å². The van der Waals surface area contributed by atoms with Crippen LogP contribution in [-0.4, -0.2) is 16.9 Å². The van der Waals surface area contributed by atoms with E-state index in [4.69, 9.17) is 22.9 Å². The second-order valence-corrected chi connectivity index (χ2v) is 4.75. The minimum atomic E-state index is -0.0762. The number of para-hydroxylation sites is 1. The molecule has 0 atom stereocenters. The number of guanidine groups is 2. The second kappa shape index (κ2) is 5.21. The summed E-state index contributed by atoms with van der Waals surface area (Å²) in [6, 6.07) is 13.3. The van der Waals surface area contributed by atoms with Gasteiger partial charge in [-0.25, -0.2) is 15.0 Å². The van der Waals surface area contributed by atoms with E-state index >= 15 is 0 Å². The van der Waals surface area contributed by atoms with Gasteiger partial charge in [-0.05, 0) is 24.3 Å². The Morgan fingerprint density at radius 3 is 2.27 bits per heavy atom. The first-order valence-electron chi connectivity index (χ1n) is 6.56. The van der Waals surface area contributed by atoms with Crippen molar-refractivity contribution in [2.24, 2.45) is 32.9 Å². The third kappa shape index (κ3) is 2.47. The van der Waals surface area contributed by atoms with Crippen LogP contribution in [0, 0.1) is 0 Å². The Balaban J connectivity index is 2.41. The molecule has 0 aliphatic carbocycles. The topological polar surface area (TPSA) is 142 Å². The molecule has 0 amide bonds. The molecule has 22 heavy (non-hydrogen) atoms. The Bertz CT molecular complexity index is 920. The first-order chi connectivity index (χ1) is 10.5. The summed E-state index contributed by atoms with van der Waals surface area (Å²) in [7, 11) is 0. The van der Waals surface area contributed by atoms with Crippen LogP contribution in [-0.2, 0) is 0 Å². The second-order valence-electron chi connectivity index (χ2n) is 4.75. The lowest BCUT2D eigenvalue weighted by atomic mass is 10.1. The summed E-state index contributed by atoms with van der Waals surface area (Å²) in [5, 5.41) is 1.75. The number of hydrogen-bond acceptors (Lipinski definition) is 3. The van der Waals surface area contributed by atoms with Crippen LogP contribution in [0.5, 0.6) is 0 Å². The predicted molar refractivity (Wildman–Crippen MR) is 90.2 cm³/mol. The van der Waals surface area contributed by atoms with E-state index in [1.54, 1.807) is 6.07 Å². The summed E-state index contributed by atoms with van der Waals surface area (Å²) < 4.78 is 0. The van der Waals surface area contributed by atoms with Crippen LogP contribution in [0.25, 0.3) is 21.8 Å². The van der Waals surface area contributed by atoms with Crippen molar-refractivity contribution < 1.29 is 0 Å². The highest BCUT2D eigenvalue weighted by molar-refractivity contribution is 6.04. The smallest absolute Gasteiger partial charge is 0.191 e. The average Bonchev–Trinajstić information content (AvgIpc) is 2.47. The van der Waals surface area contributed by atoms with Gasteiger partial charge < -0.3 is 22.9 Å². The van der Waals surface area contributed by atoms with Crippen molar-refractivity contribution >= 4 is 45.1 Å². The Morgan fingerprint density at radius 1 is 0.818 bits per heavy atom. The van der Waals surface area contributed by atoms with Crippen molar-refractivity contribution in [3.05, 3.63) is 42.5 Å². The molecule has 1 aromatic heterocycles. The Kier molecular flexibility index (Phi) is 3.23. The molecule has 0 saturated heterocycles. The minimum absolute atomic E-state index is 0.0693. The summed E-state index contributed by atoms with van der Waals surface area (Å²) >= 11 is 0. The van der Waals surface area contributed by atoms with Crippen molar-refractivity contribution in [1.82, 2.24) is 4.98 Å². The zero-order valence-corrected chi connectivity index (χ0v) is 11.7. The zero-order valence-electron chi connectivity index (χ0n) is 11.7. The maximum atomic E-state index is 5.52. The van der Waals surface area contributed by atoms with E-state index in [1.165, 1.54) is 0 Å². The van der Waals surface area contributed by atoms with E-state index in [1.807, 2.05) is 36.4 Å². The number of benzene rings is 2. The van der Waals surface area contributed by atoms with Gasteiger partial charge in [0.15, 0.2) is 11.9 Å². The molecule has 0 spiro atoms. The third-order valence-corrected chi connectivity index (χ3v) is 3.14. The van der Waals surface area contributed by atoms with E-state index in [9.17, 15) is 0 Å². The van der Waals surface area contributed by atoms with E-state index in [2.05, 4.69) is 15.0 Å². The Hall–Kier alpha value is -3.35. The predicted octanol–water partition coefficient (Wildman–Crippen LogP) is 1.20. The lowest BCUT2D eigenvalue weighted by Crippen LogP contribution is -2.22. The molecule has 3 aromatic rings. The van der Waals surface area contributed by atoms with E-state index in [0.29, 0.717) is 11.4 Å². The molecule has 0 aliphatic rings. The first-order valence-corrected chi connectivity index (χ1v) is 6.56. The number of nitrogens with zero attached hydrogens (tertiary/aromatic N) is 3. The summed E-state index contributed by atoms with van der Waals surface area (Å²) in [5.41, 5.74) is 24.6. The van der Waals surface area contributed by atoms with Gasteiger partial charge in [-0.1, -0.05) is 18.2 Å². The van der Waals surface area contributed by atoms with E-state index in [0.717, 1.165) is 21.8 Å². The molecule has 0 unspecified atom stereocenters. The van der Waals surface area contributed by atoms with Gasteiger partial charge in [0, 0.05) is 10.8 Å². The number of aliphatic imine (C=N–C) groups is 2. The fourth-order valence-electron chi connectivity index (χ4n) is 2.30. The van der Waals surface area contributed by atoms with E-state index in [-0.39, 0.29) is 11.9 Å². The molecule has 3 rings (SSSR count). The highest BCUT2D eigenvalue weighted by atomic mass is 15.0. The fourth-order valence-corrected chi connectivity index (χ4v) is 2.30. The summed E-state index contributed by atoms with van der Waals surface area (Å²) in [6.45, 7) is 0. The average molecular weight is 293 g/mol. The molecule has 0 bridgehead atoms. The van der Waals surface area contributed by atoms with Gasteiger partial charge >= 0.3 is 0 Å². The molecular formula is C15H15N7. The fraction of sp³-hybridized carbons (Fsp3) is 0. The van der Waals surface area contributed by atoms with Gasteiger partial charge in [0.1, 0.15) is 5.69 Å². The first kappa shape index (κ1) is 13.6. The summed E-state index contributed by atoms with van der Waals surface area (Å²) in [6.07, 6.45) is 0. The number of fused-ring (bicyclic) bond motifs is 2. The number of rotatable bonds is 2. The van der Waals surface area contributed by atoms with Gasteiger partial charge in [-0.15, -0.1) is 0 Å². The summed E-state index contributed by atoms with van der Waals surface area (Å²) in [5.74, 6) is -0.146. The zero-order chi connectivity index (χ0) is 15.7. The SMILES string of the molecule is NC(N)=Nc1ccc2nc3ccccc3cc2c1N=C(N)N. The molecule has 8 N–H and O–H groups in total. The highest BCUT2D eigenvalue weighted by Gasteiger charge is 2.10. The van der Waals surface area contributed by atoms with Crippen LogP contribution < -0.4 is 22.9 Å². The Morgan fingerprint density at radius 2 is 1.55 bits per heavy atom. The van der Waals surface area contributed by atoms with Crippen LogP contribution in [0.2, 0.25) is 0 Å². The monoisotopic (exact) mass is 293 g/mol. The molecule has 0 radical (unpaired) electrons. The lowest BCUT2D eigenvalue weighted by Gasteiger charge is -2.08. The highest BCUT2D eigenvalue weighted by Crippen LogP contribution is 2.36. The molecule has 2 aromatic carbocycles. The van der Waals surface area contributed by atoms with Crippen molar-refractivity contribution in [3.63, 3.8) is 0 Å². The molecule has 0 aliphatic heterocycles. The minimum Gasteiger partial charge on any atom is -0.370 e. The standard InChI is InChI=1S/C15H15N7/c16-14(17)21-12-6-5-11-9(13(12)22-15(18)19)7-8-3-1-2-4-10(8)20-11/h1-7H,(H4,16,17,21)(H4,18,19,22). The van der Waals surface area contributed by atoms with Crippen LogP contribution in [0.4, 0.5) is 11.4 Å². The van der Waals surface area contributed by atoms with Gasteiger partial charge in [-0.3, -0.25) is 0 Å². The Labute approximate surface area is 126 Å².